The molecule has 4 aromatic heterocycles. The van der Waals surface area contributed by atoms with Gasteiger partial charge in [-0.15, -0.1) is 0 Å². The van der Waals surface area contributed by atoms with Gasteiger partial charge in [-0.3, -0.25) is 19.9 Å². The van der Waals surface area contributed by atoms with E-state index in [1.165, 1.54) is 0 Å². The Morgan fingerprint density at radius 3 is 0.485 bits per heavy atom. The lowest BCUT2D eigenvalue weighted by Gasteiger charge is -2.29. The van der Waals surface area contributed by atoms with E-state index in [9.17, 15) is 0 Å². The predicted octanol–water partition coefficient (Wildman–Crippen LogP) is 15.9. The second-order valence-electron chi connectivity index (χ2n) is 16.2. The van der Waals surface area contributed by atoms with Crippen LogP contribution in [0.15, 0.2) is 256 Å². The largest absolute Gasteiger partial charge is 0.265 e. The number of benzene rings is 7. The van der Waals surface area contributed by atoms with Crippen LogP contribution in [0.5, 0.6) is 0 Å². The summed E-state index contributed by atoms with van der Waals surface area (Å²) in [6.07, 6.45) is 14.8. The van der Waals surface area contributed by atoms with E-state index in [1.54, 1.807) is 0 Å². The zero-order valence-electron chi connectivity index (χ0n) is 36.0. The van der Waals surface area contributed by atoms with E-state index in [0.29, 0.717) is 0 Å². The van der Waals surface area contributed by atoms with Gasteiger partial charge in [-0.25, -0.2) is 0 Å². The summed E-state index contributed by atoms with van der Waals surface area (Å²) in [4.78, 5) is 17.2. The zero-order chi connectivity index (χ0) is 44.1. The smallest absolute Gasteiger partial charge is 0.0273 e. The molecule has 0 spiro atoms. The summed E-state index contributed by atoms with van der Waals surface area (Å²) in [5.41, 5.74) is 22.7. The number of hydrogen-bond acceptors (Lipinski definition) is 4. The molecule has 0 saturated carbocycles. The average Bonchev–Trinajstić information content (AvgIpc) is 3.42. The molecule has 4 heteroatoms. The topological polar surface area (TPSA) is 51.6 Å². The second kappa shape index (κ2) is 18.1. The van der Waals surface area contributed by atoms with Crippen molar-refractivity contribution in [2.75, 3.05) is 0 Å². The van der Waals surface area contributed by atoms with Crippen molar-refractivity contribution in [1.29, 1.82) is 0 Å². The maximum absolute atomic E-state index is 4.30. The third-order valence-electron chi connectivity index (χ3n) is 12.4. The Balaban J connectivity index is 1.29. The summed E-state index contributed by atoms with van der Waals surface area (Å²) in [5.74, 6) is 0. The molecule has 7 aromatic carbocycles. The van der Waals surface area contributed by atoms with Crippen LogP contribution in [-0.2, 0) is 0 Å². The molecule has 0 aliphatic rings. The Bertz CT molecular complexity index is 3130. The first-order valence-corrected chi connectivity index (χ1v) is 22.1. The van der Waals surface area contributed by atoms with Gasteiger partial charge in [0, 0.05) is 49.6 Å². The van der Waals surface area contributed by atoms with Crippen molar-refractivity contribution in [3.05, 3.63) is 256 Å². The van der Waals surface area contributed by atoms with Crippen LogP contribution in [0.4, 0.5) is 0 Å². The quantitative estimate of drug-likeness (QED) is 0.138. The summed E-state index contributed by atoms with van der Waals surface area (Å²) in [6.45, 7) is 0. The fraction of sp³-hybridized carbons (Fsp3) is 0. The molecule has 0 fully saturated rings. The highest BCUT2D eigenvalue weighted by atomic mass is 14.6. The molecule has 0 atom stereocenters. The SMILES string of the molecule is c1ccc(-c2c(-c3ccccc3)c(-c3ccc(-c4ccncc4)cc3)c(-c3ccc(-c4ccncc4)cc3)c(-c3ccc(-c4ccncc4)cc3)c2-c2ccc(-c3ccncc3)cc2)cc1. The van der Waals surface area contributed by atoms with Crippen molar-refractivity contribution in [3.63, 3.8) is 0 Å². The van der Waals surface area contributed by atoms with Gasteiger partial charge in [-0.2, -0.15) is 0 Å². The van der Waals surface area contributed by atoms with E-state index in [4.69, 9.17) is 0 Å². The lowest BCUT2D eigenvalue weighted by molar-refractivity contribution is 1.33. The number of rotatable bonds is 10. The number of nitrogens with zero attached hydrogens (tertiary/aromatic N) is 4. The number of aromatic nitrogens is 4. The lowest BCUT2D eigenvalue weighted by Crippen LogP contribution is -2.02. The van der Waals surface area contributed by atoms with Gasteiger partial charge in [0.1, 0.15) is 0 Å². The van der Waals surface area contributed by atoms with E-state index in [2.05, 4.69) is 226 Å². The van der Waals surface area contributed by atoms with Gasteiger partial charge in [0.25, 0.3) is 0 Å². The maximum Gasteiger partial charge on any atom is 0.0273 e. The molecule has 0 aliphatic heterocycles. The van der Waals surface area contributed by atoms with Crippen LogP contribution >= 0.6 is 0 Å². The van der Waals surface area contributed by atoms with E-state index in [-0.39, 0.29) is 0 Å². The first-order valence-electron chi connectivity index (χ1n) is 22.1. The van der Waals surface area contributed by atoms with Crippen LogP contribution in [0.2, 0.25) is 0 Å². The van der Waals surface area contributed by atoms with Gasteiger partial charge >= 0.3 is 0 Å². The highest BCUT2D eigenvalue weighted by molar-refractivity contribution is 6.15. The normalized spacial score (nSPS) is 11.0. The van der Waals surface area contributed by atoms with Gasteiger partial charge in [0.2, 0.25) is 0 Å². The lowest BCUT2D eigenvalue weighted by atomic mass is 9.74. The minimum atomic E-state index is 1.11. The standard InChI is InChI=1S/C62H42N4/c1-3-7-51(8-4-1)57-58(52-9-5-2-6-10-52)60(54-21-13-44(14-22-54)48-29-37-64-38-30-48)62(56-25-17-46(18-26-56)50-33-41-66-42-34-50)61(55-23-15-45(16-24-55)49-31-39-65-40-32-49)59(57)53-19-11-43(12-20-53)47-27-35-63-36-28-47/h1-42H. The molecule has 0 amide bonds. The molecule has 11 rings (SSSR count). The van der Waals surface area contributed by atoms with Crippen molar-refractivity contribution in [2.45, 2.75) is 0 Å². The summed E-state index contributed by atoms with van der Waals surface area (Å²) < 4.78 is 0. The Labute approximate surface area is 385 Å². The molecular formula is C62H42N4. The predicted molar refractivity (Wildman–Crippen MR) is 272 cm³/mol. The third kappa shape index (κ3) is 7.89. The second-order valence-corrected chi connectivity index (χ2v) is 16.2. The van der Waals surface area contributed by atoms with E-state index in [0.717, 1.165) is 111 Å². The first-order chi connectivity index (χ1) is 32.8. The Morgan fingerprint density at radius 1 is 0.136 bits per heavy atom. The molecule has 0 N–H and O–H groups in total. The van der Waals surface area contributed by atoms with Crippen LogP contribution in [0.1, 0.15) is 0 Å². The summed E-state index contributed by atoms with van der Waals surface area (Å²) in [6, 6.07) is 74.7. The molecule has 66 heavy (non-hydrogen) atoms. The van der Waals surface area contributed by atoms with E-state index >= 15 is 0 Å². The van der Waals surface area contributed by atoms with Crippen LogP contribution in [0.3, 0.4) is 0 Å². The Kier molecular flexibility index (Phi) is 10.9. The van der Waals surface area contributed by atoms with Crippen molar-refractivity contribution in [2.24, 2.45) is 0 Å². The van der Waals surface area contributed by atoms with Gasteiger partial charge in [-0.1, -0.05) is 158 Å². The Morgan fingerprint density at radius 2 is 0.288 bits per heavy atom. The maximum atomic E-state index is 4.30. The van der Waals surface area contributed by atoms with Gasteiger partial charge < -0.3 is 0 Å². The summed E-state index contributed by atoms with van der Waals surface area (Å²) in [5, 5.41) is 0. The van der Waals surface area contributed by atoms with Crippen LogP contribution in [-0.4, -0.2) is 19.9 Å². The monoisotopic (exact) mass is 842 g/mol. The molecular weight excluding hydrogens is 801 g/mol. The number of hydrogen-bond donors (Lipinski definition) is 0. The van der Waals surface area contributed by atoms with Crippen LogP contribution < -0.4 is 0 Å². The Hall–Kier alpha value is -8.86. The van der Waals surface area contributed by atoms with Crippen LogP contribution in [0.25, 0.3) is 111 Å². The van der Waals surface area contributed by atoms with E-state index < -0.39 is 0 Å². The molecule has 0 radical (unpaired) electrons. The third-order valence-corrected chi connectivity index (χ3v) is 12.4. The van der Waals surface area contributed by atoms with Crippen molar-refractivity contribution in [3.8, 4) is 111 Å². The average molecular weight is 843 g/mol. The molecule has 4 nitrogen and oxygen atoms in total. The minimum absolute atomic E-state index is 1.11. The highest BCUT2D eigenvalue weighted by Crippen LogP contribution is 2.56. The highest BCUT2D eigenvalue weighted by Gasteiger charge is 2.29. The van der Waals surface area contributed by atoms with Gasteiger partial charge in [-0.05, 0) is 160 Å². The number of pyridine rings is 4. The van der Waals surface area contributed by atoms with Crippen molar-refractivity contribution in [1.82, 2.24) is 19.9 Å². The fourth-order valence-corrected chi connectivity index (χ4v) is 9.19. The molecule has 0 aliphatic carbocycles. The van der Waals surface area contributed by atoms with Crippen molar-refractivity contribution >= 4 is 0 Å². The molecule has 0 saturated heterocycles. The first kappa shape index (κ1) is 40.0. The summed E-state index contributed by atoms with van der Waals surface area (Å²) in [7, 11) is 0. The molecule has 0 bridgehead atoms. The van der Waals surface area contributed by atoms with Crippen LogP contribution in [0, 0.1) is 0 Å². The molecule has 4 heterocycles. The van der Waals surface area contributed by atoms with Gasteiger partial charge in [0.15, 0.2) is 0 Å². The molecule has 310 valence electrons. The van der Waals surface area contributed by atoms with Crippen molar-refractivity contribution < 1.29 is 0 Å². The molecule has 11 aromatic rings. The fourth-order valence-electron chi connectivity index (χ4n) is 9.19. The minimum Gasteiger partial charge on any atom is -0.265 e. The molecule has 0 unspecified atom stereocenters. The van der Waals surface area contributed by atoms with E-state index in [1.807, 2.05) is 49.6 Å². The summed E-state index contributed by atoms with van der Waals surface area (Å²) >= 11 is 0. The zero-order valence-corrected chi connectivity index (χ0v) is 36.0. The van der Waals surface area contributed by atoms with Gasteiger partial charge in [0.05, 0.1) is 0 Å².